The van der Waals surface area contributed by atoms with Crippen LogP contribution in [0.1, 0.15) is 18.1 Å². The van der Waals surface area contributed by atoms with Gasteiger partial charge in [0, 0.05) is 65.0 Å². The van der Waals surface area contributed by atoms with Crippen molar-refractivity contribution < 1.29 is 14.2 Å². The average Bonchev–Trinajstić information content (AvgIpc) is 2.84. The molecule has 0 aromatic heterocycles. The van der Waals surface area contributed by atoms with Crippen LogP contribution in [0.25, 0.3) is 0 Å². The SMILES string of the molecule is CCN1CCN(CCOc2ccc(CN(CCOC)Cc3ccccc3OC)cc2)CC1. The standard InChI is InChI=1S/C26H39N3O3/c1-4-27-13-15-28(16-14-27)18-20-32-25-11-9-23(10-12-25)21-29(17-19-30-2)22-24-7-5-6-8-26(24)31-3/h5-12H,4,13-22H2,1-3H3. The first kappa shape index (κ1) is 24.5. The molecule has 0 saturated carbocycles. The van der Waals surface area contributed by atoms with Crippen LogP contribution in [0.15, 0.2) is 48.5 Å². The Morgan fingerprint density at radius 2 is 1.56 bits per heavy atom. The molecule has 6 heteroatoms. The summed E-state index contributed by atoms with van der Waals surface area (Å²) in [5, 5.41) is 0. The van der Waals surface area contributed by atoms with E-state index in [4.69, 9.17) is 14.2 Å². The van der Waals surface area contributed by atoms with Gasteiger partial charge in [-0.3, -0.25) is 9.80 Å². The van der Waals surface area contributed by atoms with E-state index in [-0.39, 0.29) is 0 Å². The third-order valence-electron chi connectivity index (χ3n) is 6.12. The summed E-state index contributed by atoms with van der Waals surface area (Å²) in [5.41, 5.74) is 2.45. The summed E-state index contributed by atoms with van der Waals surface area (Å²) in [6.45, 7) is 12.9. The molecule has 176 valence electrons. The molecule has 2 aromatic carbocycles. The molecule has 1 heterocycles. The van der Waals surface area contributed by atoms with Crippen molar-refractivity contribution in [1.29, 1.82) is 0 Å². The Balaban J connectivity index is 1.48. The first-order valence-electron chi connectivity index (χ1n) is 11.7. The van der Waals surface area contributed by atoms with E-state index >= 15 is 0 Å². The Morgan fingerprint density at radius 1 is 0.844 bits per heavy atom. The fourth-order valence-electron chi connectivity index (χ4n) is 4.08. The minimum absolute atomic E-state index is 0.697. The number of methoxy groups -OCH3 is 2. The van der Waals surface area contributed by atoms with Crippen molar-refractivity contribution >= 4 is 0 Å². The topological polar surface area (TPSA) is 37.4 Å². The van der Waals surface area contributed by atoms with E-state index in [0.29, 0.717) is 6.61 Å². The highest BCUT2D eigenvalue weighted by molar-refractivity contribution is 5.33. The number of hydrogen-bond donors (Lipinski definition) is 0. The molecule has 0 radical (unpaired) electrons. The molecule has 1 saturated heterocycles. The number of ether oxygens (including phenoxy) is 3. The minimum Gasteiger partial charge on any atom is -0.496 e. The first-order valence-corrected chi connectivity index (χ1v) is 11.7. The molecule has 0 unspecified atom stereocenters. The van der Waals surface area contributed by atoms with Gasteiger partial charge in [0.25, 0.3) is 0 Å². The summed E-state index contributed by atoms with van der Waals surface area (Å²) in [4.78, 5) is 7.37. The van der Waals surface area contributed by atoms with E-state index in [9.17, 15) is 0 Å². The zero-order valence-electron chi connectivity index (χ0n) is 20.0. The summed E-state index contributed by atoms with van der Waals surface area (Å²) in [6.07, 6.45) is 0. The quantitative estimate of drug-likeness (QED) is 0.475. The fraction of sp³-hybridized carbons (Fsp3) is 0.538. The molecule has 2 aromatic rings. The number of hydrogen-bond acceptors (Lipinski definition) is 6. The number of rotatable bonds is 13. The molecule has 6 nitrogen and oxygen atoms in total. The van der Waals surface area contributed by atoms with Crippen LogP contribution < -0.4 is 9.47 Å². The lowest BCUT2D eigenvalue weighted by Gasteiger charge is -2.33. The van der Waals surface area contributed by atoms with Crippen molar-refractivity contribution in [2.24, 2.45) is 0 Å². The van der Waals surface area contributed by atoms with Crippen molar-refractivity contribution in [2.75, 3.05) is 73.2 Å². The molecule has 1 fully saturated rings. The largest absolute Gasteiger partial charge is 0.496 e. The van der Waals surface area contributed by atoms with E-state index < -0.39 is 0 Å². The van der Waals surface area contributed by atoms with Gasteiger partial charge in [-0.2, -0.15) is 0 Å². The Labute approximate surface area is 193 Å². The van der Waals surface area contributed by atoms with Crippen molar-refractivity contribution in [1.82, 2.24) is 14.7 Å². The Hall–Kier alpha value is -2.12. The molecule has 32 heavy (non-hydrogen) atoms. The van der Waals surface area contributed by atoms with Crippen molar-refractivity contribution in [2.45, 2.75) is 20.0 Å². The van der Waals surface area contributed by atoms with Gasteiger partial charge in [-0.15, -0.1) is 0 Å². The second-order valence-corrected chi connectivity index (χ2v) is 8.28. The van der Waals surface area contributed by atoms with Crippen LogP contribution in [-0.2, 0) is 17.8 Å². The average molecular weight is 442 g/mol. The van der Waals surface area contributed by atoms with Crippen LogP contribution in [0.5, 0.6) is 11.5 Å². The molecule has 0 bridgehead atoms. The van der Waals surface area contributed by atoms with E-state index in [1.165, 1.54) is 24.2 Å². The number of benzene rings is 2. The van der Waals surface area contributed by atoms with Crippen molar-refractivity contribution in [3.05, 3.63) is 59.7 Å². The summed E-state index contributed by atoms with van der Waals surface area (Å²) in [5.74, 6) is 1.86. The molecular formula is C26H39N3O3. The Morgan fingerprint density at radius 3 is 2.25 bits per heavy atom. The number of para-hydroxylation sites is 1. The zero-order chi connectivity index (χ0) is 22.6. The van der Waals surface area contributed by atoms with Gasteiger partial charge in [0.05, 0.1) is 13.7 Å². The van der Waals surface area contributed by atoms with Crippen molar-refractivity contribution in [3.63, 3.8) is 0 Å². The third-order valence-corrected chi connectivity index (χ3v) is 6.12. The van der Waals surface area contributed by atoms with Gasteiger partial charge in [0.15, 0.2) is 0 Å². The predicted octanol–water partition coefficient (Wildman–Crippen LogP) is 3.36. The molecule has 1 aliphatic heterocycles. The second-order valence-electron chi connectivity index (χ2n) is 8.28. The van der Waals surface area contributed by atoms with Gasteiger partial charge in [-0.05, 0) is 30.3 Å². The fourth-order valence-corrected chi connectivity index (χ4v) is 4.08. The lowest BCUT2D eigenvalue weighted by atomic mass is 10.1. The van der Waals surface area contributed by atoms with Crippen LogP contribution in [0, 0.1) is 0 Å². The first-order chi connectivity index (χ1) is 15.7. The monoisotopic (exact) mass is 441 g/mol. The van der Waals surface area contributed by atoms with E-state index in [1.54, 1.807) is 14.2 Å². The molecule has 0 N–H and O–H groups in total. The van der Waals surface area contributed by atoms with Gasteiger partial charge >= 0.3 is 0 Å². The van der Waals surface area contributed by atoms with Gasteiger partial charge in [0.1, 0.15) is 18.1 Å². The molecule has 3 rings (SSSR count). The summed E-state index contributed by atoms with van der Waals surface area (Å²) >= 11 is 0. The maximum absolute atomic E-state index is 6.01. The summed E-state index contributed by atoms with van der Waals surface area (Å²) in [7, 11) is 3.47. The smallest absolute Gasteiger partial charge is 0.123 e. The highest BCUT2D eigenvalue weighted by Gasteiger charge is 2.15. The predicted molar refractivity (Wildman–Crippen MR) is 129 cm³/mol. The molecule has 0 aliphatic carbocycles. The normalized spacial score (nSPS) is 15.2. The number of likely N-dealkylation sites (N-methyl/N-ethyl adjacent to an activating group) is 1. The molecule has 0 spiro atoms. The van der Waals surface area contributed by atoms with E-state index in [2.05, 4.69) is 58.0 Å². The van der Waals surface area contributed by atoms with Crippen LogP contribution in [0.3, 0.4) is 0 Å². The second kappa shape index (κ2) is 13.4. The summed E-state index contributed by atoms with van der Waals surface area (Å²) in [6, 6.07) is 16.7. The lowest BCUT2D eigenvalue weighted by molar-refractivity contribution is 0.121. The van der Waals surface area contributed by atoms with Gasteiger partial charge in [0.2, 0.25) is 0 Å². The van der Waals surface area contributed by atoms with Gasteiger partial charge in [-0.25, -0.2) is 0 Å². The lowest BCUT2D eigenvalue weighted by Crippen LogP contribution is -2.47. The van der Waals surface area contributed by atoms with Crippen LogP contribution >= 0.6 is 0 Å². The molecular weight excluding hydrogens is 402 g/mol. The van der Waals surface area contributed by atoms with Crippen LogP contribution in [0.2, 0.25) is 0 Å². The van der Waals surface area contributed by atoms with Gasteiger partial charge < -0.3 is 19.1 Å². The Kier molecular flexibility index (Phi) is 10.3. The van der Waals surface area contributed by atoms with Crippen molar-refractivity contribution in [3.8, 4) is 11.5 Å². The third kappa shape index (κ3) is 7.78. The highest BCUT2D eigenvalue weighted by atomic mass is 16.5. The Bertz CT molecular complexity index is 776. The van der Waals surface area contributed by atoms with E-state index in [0.717, 1.165) is 63.9 Å². The molecule has 1 aliphatic rings. The maximum Gasteiger partial charge on any atom is 0.123 e. The van der Waals surface area contributed by atoms with Crippen LogP contribution in [-0.4, -0.2) is 87.9 Å². The number of nitrogens with zero attached hydrogens (tertiary/aromatic N) is 3. The number of piperazine rings is 1. The minimum atomic E-state index is 0.697. The molecule has 0 amide bonds. The zero-order valence-corrected chi connectivity index (χ0v) is 20.0. The highest BCUT2D eigenvalue weighted by Crippen LogP contribution is 2.21. The molecule has 0 atom stereocenters. The van der Waals surface area contributed by atoms with Crippen LogP contribution in [0.4, 0.5) is 0 Å². The van der Waals surface area contributed by atoms with E-state index in [1.807, 2.05) is 12.1 Å². The maximum atomic E-state index is 6.01. The van der Waals surface area contributed by atoms with Gasteiger partial charge in [-0.1, -0.05) is 37.3 Å². The summed E-state index contributed by atoms with van der Waals surface area (Å²) < 4.78 is 16.9.